The topological polar surface area (TPSA) is 13.1 Å². The first-order chi connectivity index (χ1) is 37.8. The normalized spacial score (nSPS) is 20.2. The second-order valence-electron chi connectivity index (χ2n) is 11.3. The molecule has 1 aromatic heterocycles. The molecule has 0 amide bonds. The standard InChI is InChI=1S/C50H30O/c1-2-11-33-28-38(21-17-31(33)9-1)48-41-13-5-7-15-43(41)49(44-16-8-6-14-42(44)48)39-22-20-34-27-35(18-19-36(34)29-39)37-24-25-46-45(30-37)50-40-12-4-3-10-32(40)23-26-47(50)51-46/h1-30H/i1D,2D,3D,4D,5D,6D,7D,8D,9D,10D,11D,12D,13D,14D,15D,16D,17D,18D,19D,20D,21D,22D,23D,24D,25D,26D,27D,28D,29D,30D. The van der Waals surface area contributed by atoms with Crippen LogP contribution in [0.5, 0.6) is 0 Å². The Morgan fingerprint density at radius 3 is 1.35 bits per heavy atom. The van der Waals surface area contributed by atoms with E-state index in [1.165, 1.54) is 0 Å². The molecule has 0 aliphatic heterocycles. The molecule has 51 heavy (non-hydrogen) atoms. The van der Waals surface area contributed by atoms with Crippen LogP contribution in [0.2, 0.25) is 0 Å². The van der Waals surface area contributed by atoms with Crippen molar-refractivity contribution >= 4 is 75.8 Å². The van der Waals surface area contributed by atoms with Crippen molar-refractivity contribution in [2.75, 3.05) is 0 Å². The van der Waals surface area contributed by atoms with E-state index in [1.807, 2.05) is 0 Å². The third-order valence-corrected chi connectivity index (χ3v) is 8.45. The Kier molecular flexibility index (Phi) is 2.50. The minimum atomic E-state index is -1.10. The lowest BCUT2D eigenvalue weighted by Crippen LogP contribution is -1.91. The van der Waals surface area contributed by atoms with E-state index >= 15 is 0 Å². The fourth-order valence-electron chi connectivity index (χ4n) is 6.23. The molecule has 1 nitrogen and oxygen atoms in total. The van der Waals surface area contributed by atoms with Crippen molar-refractivity contribution in [3.8, 4) is 33.4 Å². The molecule has 0 aliphatic rings. The molecule has 0 aliphatic carbocycles. The van der Waals surface area contributed by atoms with Crippen LogP contribution < -0.4 is 0 Å². The predicted molar refractivity (Wildman–Crippen MR) is 218 cm³/mol. The van der Waals surface area contributed by atoms with Crippen LogP contribution in [0.25, 0.3) is 109 Å². The first-order valence-corrected chi connectivity index (χ1v) is 15.2. The highest BCUT2D eigenvalue weighted by Gasteiger charge is 2.17. The zero-order chi connectivity index (χ0) is 59.6. The highest BCUT2D eigenvalue weighted by Crippen LogP contribution is 2.45. The van der Waals surface area contributed by atoms with Crippen molar-refractivity contribution in [2.45, 2.75) is 0 Å². The molecule has 0 saturated heterocycles. The monoisotopic (exact) mass is 676 g/mol. The van der Waals surface area contributed by atoms with E-state index in [9.17, 15) is 17.8 Å². The van der Waals surface area contributed by atoms with Crippen molar-refractivity contribution in [2.24, 2.45) is 0 Å². The van der Waals surface area contributed by atoms with Gasteiger partial charge in [0.05, 0.1) is 41.1 Å². The molecule has 11 rings (SSSR count). The summed E-state index contributed by atoms with van der Waals surface area (Å²) in [6.45, 7) is 0. The fourth-order valence-corrected chi connectivity index (χ4v) is 6.23. The Bertz CT molecular complexity index is 4850. The van der Waals surface area contributed by atoms with Crippen LogP contribution in [0.1, 0.15) is 41.1 Å². The van der Waals surface area contributed by atoms with Gasteiger partial charge in [-0.25, -0.2) is 0 Å². The van der Waals surface area contributed by atoms with Crippen LogP contribution in [0.15, 0.2) is 186 Å². The van der Waals surface area contributed by atoms with Crippen LogP contribution in [0, 0.1) is 0 Å². The molecule has 0 unspecified atom stereocenters. The van der Waals surface area contributed by atoms with Crippen molar-refractivity contribution in [3.63, 3.8) is 0 Å². The van der Waals surface area contributed by atoms with Gasteiger partial charge in [0, 0.05) is 10.8 Å². The molecule has 1 heteroatoms. The molecular formula is C50H30O. The van der Waals surface area contributed by atoms with E-state index in [-0.39, 0.29) is 5.39 Å². The van der Waals surface area contributed by atoms with Crippen molar-refractivity contribution in [3.05, 3.63) is 181 Å². The maximum absolute atomic E-state index is 9.84. The molecule has 0 spiro atoms. The van der Waals surface area contributed by atoms with Gasteiger partial charge in [0.2, 0.25) is 0 Å². The number of hydrogen-bond acceptors (Lipinski definition) is 1. The van der Waals surface area contributed by atoms with Gasteiger partial charge in [0.15, 0.2) is 0 Å². The smallest absolute Gasteiger partial charge is 0.136 e. The average molecular weight is 677 g/mol. The van der Waals surface area contributed by atoms with Gasteiger partial charge in [-0.15, -0.1) is 0 Å². The lowest BCUT2D eigenvalue weighted by Gasteiger charge is -2.18. The number of hydrogen-bond donors (Lipinski definition) is 0. The Morgan fingerprint density at radius 2 is 0.706 bits per heavy atom. The van der Waals surface area contributed by atoms with Gasteiger partial charge in [-0.1, -0.05) is 145 Å². The summed E-state index contributed by atoms with van der Waals surface area (Å²) >= 11 is 0. The van der Waals surface area contributed by atoms with E-state index in [0.717, 1.165) is 0 Å². The van der Waals surface area contributed by atoms with E-state index in [1.54, 1.807) is 0 Å². The van der Waals surface area contributed by atoms with Crippen LogP contribution in [-0.2, 0) is 0 Å². The predicted octanol–water partition coefficient (Wildman–Crippen LogP) is 14.4. The summed E-state index contributed by atoms with van der Waals surface area (Å²) in [5, 5.41) is -7.48. The summed E-state index contributed by atoms with van der Waals surface area (Å²) in [6, 6.07) is -27.5. The van der Waals surface area contributed by atoms with Gasteiger partial charge in [-0.2, -0.15) is 0 Å². The summed E-state index contributed by atoms with van der Waals surface area (Å²) in [4.78, 5) is 0. The van der Waals surface area contributed by atoms with Gasteiger partial charge in [0.1, 0.15) is 11.2 Å². The SMILES string of the molecule is [2H]c1c(-c2c([2H])c([2H])c3c([2H])c(-c4c5c([2H])c([2H])c([2H])c([2H])c5c(-c5c([2H])c([2H])c6c([2H])c([2H])c([2H])c([2H])c6c5[2H])c5c([2H])c([2H])c([2H])c([2H])c45)c([2H])c([2H])c3c2[2H])c([2H])c2c(oc3c([2H])c([2H])c4c([2H])c([2H])c([2H])c([2H])c4c32)c1[2H]. The van der Waals surface area contributed by atoms with Crippen molar-refractivity contribution in [1.29, 1.82) is 0 Å². The first kappa shape index (κ1) is 11.7. The summed E-state index contributed by atoms with van der Waals surface area (Å²) in [5.74, 6) is 0. The Balaban J connectivity index is 1.32. The molecule has 0 fully saturated rings. The fraction of sp³-hybridized carbons (Fsp3) is 0. The molecule has 0 atom stereocenters. The number of rotatable bonds is 3. The second-order valence-corrected chi connectivity index (χ2v) is 11.3. The summed E-state index contributed by atoms with van der Waals surface area (Å²) in [6.07, 6.45) is 0. The Morgan fingerprint density at radius 1 is 0.294 bits per heavy atom. The van der Waals surface area contributed by atoms with Gasteiger partial charge in [-0.05, 0) is 123 Å². The lowest BCUT2D eigenvalue weighted by molar-refractivity contribution is 0.669. The zero-order valence-corrected chi connectivity index (χ0v) is 25.4. The van der Waals surface area contributed by atoms with Gasteiger partial charge in [-0.3, -0.25) is 0 Å². The van der Waals surface area contributed by atoms with Gasteiger partial charge in [0.25, 0.3) is 0 Å². The zero-order valence-electron chi connectivity index (χ0n) is 55.4. The Hall–Kier alpha value is -6.70. The molecule has 1 heterocycles. The summed E-state index contributed by atoms with van der Waals surface area (Å²) in [7, 11) is 0. The highest BCUT2D eigenvalue weighted by molar-refractivity contribution is 6.22. The largest absolute Gasteiger partial charge is 0.456 e. The van der Waals surface area contributed by atoms with Crippen LogP contribution >= 0.6 is 0 Å². The molecule has 0 radical (unpaired) electrons. The number of furan rings is 1. The third-order valence-electron chi connectivity index (χ3n) is 8.45. The van der Waals surface area contributed by atoms with Crippen LogP contribution in [0.4, 0.5) is 0 Å². The molecule has 0 saturated carbocycles. The highest BCUT2D eigenvalue weighted by atomic mass is 16.3. The maximum atomic E-state index is 9.84. The number of fused-ring (bicyclic) bond motifs is 9. The van der Waals surface area contributed by atoms with E-state index < -0.39 is 285 Å². The molecule has 11 aromatic rings. The minimum Gasteiger partial charge on any atom is -0.456 e. The van der Waals surface area contributed by atoms with Crippen LogP contribution in [-0.4, -0.2) is 0 Å². The molecule has 0 N–H and O–H groups in total. The van der Waals surface area contributed by atoms with E-state index in [2.05, 4.69) is 0 Å². The molecular weight excluding hydrogens is 617 g/mol. The second kappa shape index (κ2) is 10.9. The summed E-state index contributed by atoms with van der Waals surface area (Å²) < 4.78 is 278. The minimum absolute atomic E-state index is 0.363. The average Bonchev–Trinajstić information content (AvgIpc) is 2.54. The van der Waals surface area contributed by atoms with Crippen LogP contribution in [0.3, 0.4) is 0 Å². The van der Waals surface area contributed by atoms with E-state index in [4.69, 9.17) is 27.7 Å². The maximum Gasteiger partial charge on any atom is 0.136 e. The van der Waals surface area contributed by atoms with Crippen molar-refractivity contribution < 1.29 is 45.5 Å². The quantitative estimate of drug-likeness (QED) is 0.170. The van der Waals surface area contributed by atoms with Gasteiger partial charge < -0.3 is 4.42 Å². The lowest BCUT2D eigenvalue weighted by atomic mass is 9.85. The molecule has 10 aromatic carbocycles. The molecule has 236 valence electrons. The summed E-state index contributed by atoms with van der Waals surface area (Å²) in [5.41, 5.74) is -5.77. The van der Waals surface area contributed by atoms with E-state index in [0.29, 0.717) is 0 Å². The first-order valence-electron chi connectivity index (χ1n) is 30.2. The molecule has 0 bridgehead atoms. The van der Waals surface area contributed by atoms with Gasteiger partial charge >= 0.3 is 0 Å². The third kappa shape index (κ3) is 4.35. The van der Waals surface area contributed by atoms with Crippen molar-refractivity contribution in [1.82, 2.24) is 0 Å². The number of benzene rings is 10. The Labute approximate surface area is 336 Å².